The van der Waals surface area contributed by atoms with Gasteiger partial charge in [-0.1, -0.05) is 20.8 Å². The molecule has 0 aromatic heterocycles. The monoisotopic (exact) mass is 241 g/mol. The van der Waals surface area contributed by atoms with Crippen LogP contribution < -0.4 is 5.32 Å². The van der Waals surface area contributed by atoms with Crippen LogP contribution in [0.15, 0.2) is 0 Å². The second-order valence-corrected chi connectivity index (χ2v) is 6.65. The average molecular weight is 241 g/mol. The molecule has 0 amide bonds. The molecule has 0 heterocycles. The molecule has 3 unspecified atom stereocenters. The van der Waals surface area contributed by atoms with E-state index < -0.39 is 0 Å². The molecule has 0 aliphatic heterocycles. The van der Waals surface area contributed by atoms with E-state index in [1.807, 2.05) is 7.11 Å². The molecule has 0 saturated heterocycles. The zero-order chi connectivity index (χ0) is 12.9. The third-order valence-corrected chi connectivity index (χ3v) is 4.56. The van der Waals surface area contributed by atoms with Crippen LogP contribution in [0.5, 0.6) is 0 Å². The minimum Gasteiger partial charge on any atom is -0.385 e. The molecule has 0 aromatic rings. The summed E-state index contributed by atoms with van der Waals surface area (Å²) in [7, 11) is 3.89. The van der Waals surface area contributed by atoms with E-state index in [2.05, 4.69) is 33.1 Å². The highest BCUT2D eigenvalue weighted by Crippen LogP contribution is 2.45. The SMILES string of the molecule is CNCC1CCC(C)(C)CC1C(C)CCOC. The van der Waals surface area contributed by atoms with Gasteiger partial charge in [0.15, 0.2) is 0 Å². The molecule has 17 heavy (non-hydrogen) atoms. The average Bonchev–Trinajstić information content (AvgIpc) is 2.28. The van der Waals surface area contributed by atoms with Crippen LogP contribution in [-0.2, 0) is 4.74 Å². The Morgan fingerprint density at radius 3 is 2.71 bits per heavy atom. The molecule has 0 aromatic carbocycles. The smallest absolute Gasteiger partial charge is 0.0464 e. The summed E-state index contributed by atoms with van der Waals surface area (Å²) < 4.78 is 5.23. The van der Waals surface area contributed by atoms with E-state index >= 15 is 0 Å². The van der Waals surface area contributed by atoms with Crippen molar-refractivity contribution in [3.8, 4) is 0 Å². The van der Waals surface area contributed by atoms with E-state index in [0.717, 1.165) is 24.4 Å². The molecule has 1 fully saturated rings. The largest absolute Gasteiger partial charge is 0.385 e. The van der Waals surface area contributed by atoms with Gasteiger partial charge in [0.25, 0.3) is 0 Å². The van der Waals surface area contributed by atoms with Gasteiger partial charge in [0.1, 0.15) is 0 Å². The lowest BCUT2D eigenvalue weighted by Crippen LogP contribution is -2.38. The van der Waals surface area contributed by atoms with Crippen LogP contribution in [0.3, 0.4) is 0 Å². The third-order valence-electron chi connectivity index (χ3n) is 4.56. The summed E-state index contributed by atoms with van der Waals surface area (Å²) in [4.78, 5) is 0. The van der Waals surface area contributed by atoms with Gasteiger partial charge >= 0.3 is 0 Å². The van der Waals surface area contributed by atoms with Crippen LogP contribution in [0.1, 0.15) is 46.5 Å². The van der Waals surface area contributed by atoms with Gasteiger partial charge in [-0.2, -0.15) is 0 Å². The van der Waals surface area contributed by atoms with E-state index in [4.69, 9.17) is 4.74 Å². The Hall–Kier alpha value is -0.0800. The number of ether oxygens (including phenoxy) is 1. The van der Waals surface area contributed by atoms with Gasteiger partial charge in [-0.25, -0.2) is 0 Å². The molecular weight excluding hydrogens is 210 g/mol. The van der Waals surface area contributed by atoms with E-state index in [1.165, 1.54) is 32.2 Å². The number of hydrogen-bond acceptors (Lipinski definition) is 2. The van der Waals surface area contributed by atoms with Gasteiger partial charge in [0, 0.05) is 13.7 Å². The van der Waals surface area contributed by atoms with Crippen LogP contribution in [-0.4, -0.2) is 27.3 Å². The van der Waals surface area contributed by atoms with Crippen LogP contribution in [0.4, 0.5) is 0 Å². The maximum absolute atomic E-state index is 5.23. The van der Waals surface area contributed by atoms with E-state index in [-0.39, 0.29) is 0 Å². The van der Waals surface area contributed by atoms with Crippen LogP contribution in [0.25, 0.3) is 0 Å². The fourth-order valence-electron chi connectivity index (χ4n) is 3.40. The lowest BCUT2D eigenvalue weighted by Gasteiger charge is -2.43. The summed E-state index contributed by atoms with van der Waals surface area (Å²) in [5.74, 6) is 2.51. The summed E-state index contributed by atoms with van der Waals surface area (Å²) in [6.07, 6.45) is 5.35. The number of nitrogens with one attached hydrogen (secondary N) is 1. The predicted molar refractivity (Wildman–Crippen MR) is 74.2 cm³/mol. The van der Waals surface area contributed by atoms with Gasteiger partial charge in [-0.3, -0.25) is 0 Å². The number of rotatable bonds is 6. The second-order valence-electron chi connectivity index (χ2n) is 6.65. The first-order valence-electron chi connectivity index (χ1n) is 7.13. The normalized spacial score (nSPS) is 30.2. The first kappa shape index (κ1) is 15.0. The standard InChI is InChI=1S/C15H31NO/c1-12(7-9-17-5)14-10-15(2,3)8-6-13(14)11-16-4/h12-14,16H,6-11H2,1-5H3. The predicted octanol–water partition coefficient (Wildman–Crippen LogP) is 3.32. The number of methoxy groups -OCH3 is 1. The van der Waals surface area contributed by atoms with Crippen molar-refractivity contribution in [1.29, 1.82) is 0 Å². The highest BCUT2D eigenvalue weighted by molar-refractivity contribution is 4.88. The van der Waals surface area contributed by atoms with E-state index in [1.54, 1.807) is 0 Å². The van der Waals surface area contributed by atoms with Gasteiger partial charge in [0.05, 0.1) is 0 Å². The van der Waals surface area contributed by atoms with Crippen molar-refractivity contribution < 1.29 is 4.74 Å². The maximum Gasteiger partial charge on any atom is 0.0464 e. The highest BCUT2D eigenvalue weighted by Gasteiger charge is 2.36. The van der Waals surface area contributed by atoms with Gasteiger partial charge in [-0.05, 0) is 62.4 Å². The Morgan fingerprint density at radius 2 is 2.12 bits per heavy atom. The molecule has 1 saturated carbocycles. The first-order valence-corrected chi connectivity index (χ1v) is 7.13. The summed E-state index contributed by atoms with van der Waals surface area (Å²) in [5.41, 5.74) is 0.538. The fourth-order valence-corrected chi connectivity index (χ4v) is 3.40. The maximum atomic E-state index is 5.23. The molecule has 1 N–H and O–H groups in total. The summed E-state index contributed by atoms with van der Waals surface area (Å²) in [6, 6.07) is 0. The topological polar surface area (TPSA) is 21.3 Å². The van der Waals surface area contributed by atoms with Crippen molar-refractivity contribution in [2.45, 2.75) is 46.5 Å². The Kier molecular flexibility index (Phi) is 5.94. The van der Waals surface area contributed by atoms with Crippen molar-refractivity contribution in [2.75, 3.05) is 27.3 Å². The van der Waals surface area contributed by atoms with Crippen LogP contribution >= 0.6 is 0 Å². The second kappa shape index (κ2) is 6.75. The highest BCUT2D eigenvalue weighted by atomic mass is 16.5. The molecule has 1 rings (SSSR count). The molecule has 102 valence electrons. The van der Waals surface area contributed by atoms with Gasteiger partial charge < -0.3 is 10.1 Å². The molecular formula is C15H31NO. The van der Waals surface area contributed by atoms with E-state index in [0.29, 0.717) is 5.41 Å². The van der Waals surface area contributed by atoms with Crippen molar-refractivity contribution >= 4 is 0 Å². The molecule has 1 aliphatic rings. The Bertz CT molecular complexity index is 215. The lowest BCUT2D eigenvalue weighted by molar-refractivity contribution is 0.0640. The zero-order valence-electron chi connectivity index (χ0n) is 12.4. The van der Waals surface area contributed by atoms with E-state index in [9.17, 15) is 0 Å². The van der Waals surface area contributed by atoms with Gasteiger partial charge in [0.2, 0.25) is 0 Å². The Labute approximate surface area is 108 Å². The van der Waals surface area contributed by atoms with Crippen LogP contribution in [0.2, 0.25) is 0 Å². The van der Waals surface area contributed by atoms with Crippen molar-refractivity contribution in [1.82, 2.24) is 5.32 Å². The van der Waals surface area contributed by atoms with Crippen molar-refractivity contribution in [2.24, 2.45) is 23.2 Å². The summed E-state index contributed by atoms with van der Waals surface area (Å²) >= 11 is 0. The minimum atomic E-state index is 0.538. The first-order chi connectivity index (χ1) is 8.00. The summed E-state index contributed by atoms with van der Waals surface area (Å²) in [5, 5.41) is 3.37. The fraction of sp³-hybridized carbons (Fsp3) is 1.00. The van der Waals surface area contributed by atoms with Gasteiger partial charge in [-0.15, -0.1) is 0 Å². The number of hydrogen-bond donors (Lipinski definition) is 1. The molecule has 2 heteroatoms. The molecule has 0 bridgehead atoms. The third kappa shape index (κ3) is 4.59. The van der Waals surface area contributed by atoms with Crippen LogP contribution in [0, 0.1) is 23.2 Å². The minimum absolute atomic E-state index is 0.538. The quantitative estimate of drug-likeness (QED) is 0.770. The molecule has 3 atom stereocenters. The lowest BCUT2D eigenvalue weighted by atomic mass is 9.63. The Balaban J connectivity index is 2.59. The Morgan fingerprint density at radius 1 is 1.41 bits per heavy atom. The zero-order valence-corrected chi connectivity index (χ0v) is 12.4. The van der Waals surface area contributed by atoms with Crippen molar-refractivity contribution in [3.05, 3.63) is 0 Å². The van der Waals surface area contributed by atoms with Crippen molar-refractivity contribution in [3.63, 3.8) is 0 Å². The molecule has 1 aliphatic carbocycles. The summed E-state index contributed by atoms with van der Waals surface area (Å²) in [6.45, 7) is 9.35. The molecule has 0 spiro atoms. The molecule has 2 nitrogen and oxygen atoms in total. The molecule has 0 radical (unpaired) electrons.